The molecule has 2 aromatic rings. The lowest BCUT2D eigenvalue weighted by Gasteiger charge is -2.27. The number of rotatable bonds is 4. The van der Waals surface area contributed by atoms with Gasteiger partial charge in [-0.3, -0.25) is 9.80 Å². The van der Waals surface area contributed by atoms with Gasteiger partial charge in [0.2, 0.25) is 0 Å². The van der Waals surface area contributed by atoms with Crippen molar-refractivity contribution in [2.75, 3.05) is 26.2 Å². The van der Waals surface area contributed by atoms with E-state index in [4.69, 9.17) is 10.4 Å². The summed E-state index contributed by atoms with van der Waals surface area (Å²) in [6.07, 6.45) is -5.74. The molecule has 0 aromatic heterocycles. The number of oxime groups is 2. The molecule has 208 valence electrons. The maximum absolute atomic E-state index is 12.4. The Labute approximate surface area is 216 Å². The second kappa shape index (κ2) is 13.1. The third-order valence-corrected chi connectivity index (χ3v) is 6.52. The molecule has 12 heteroatoms. The number of likely N-dealkylation sites (tertiary alicyclic amines) is 2. The van der Waals surface area contributed by atoms with Crippen molar-refractivity contribution in [3.05, 3.63) is 70.8 Å². The van der Waals surface area contributed by atoms with Gasteiger partial charge in [-0.1, -0.05) is 34.6 Å². The molecule has 0 aliphatic carbocycles. The summed E-state index contributed by atoms with van der Waals surface area (Å²) in [4.78, 5) is 4.27. The molecule has 2 heterocycles. The number of nitrogens with zero attached hydrogens (tertiary/aromatic N) is 4. The van der Waals surface area contributed by atoms with Crippen molar-refractivity contribution in [2.45, 2.75) is 51.1 Å². The second-order valence-corrected chi connectivity index (χ2v) is 9.27. The zero-order valence-corrected chi connectivity index (χ0v) is 20.6. The molecule has 2 aromatic carbocycles. The molecule has 0 atom stereocenters. The van der Waals surface area contributed by atoms with Gasteiger partial charge in [0.25, 0.3) is 0 Å². The number of piperidine rings is 2. The van der Waals surface area contributed by atoms with Gasteiger partial charge in [0, 0.05) is 65.0 Å². The Kier molecular flexibility index (Phi) is 10.1. The van der Waals surface area contributed by atoms with E-state index < -0.39 is 23.5 Å². The number of benzene rings is 2. The summed E-state index contributed by atoms with van der Waals surface area (Å²) in [5.41, 5.74) is 2.04. The molecule has 0 radical (unpaired) electrons. The van der Waals surface area contributed by atoms with E-state index in [9.17, 15) is 26.3 Å². The van der Waals surface area contributed by atoms with Crippen LogP contribution in [0.5, 0.6) is 0 Å². The molecule has 0 bridgehead atoms. The highest BCUT2D eigenvalue weighted by atomic mass is 19.4. The van der Waals surface area contributed by atoms with Crippen molar-refractivity contribution in [2.24, 2.45) is 10.3 Å². The van der Waals surface area contributed by atoms with E-state index in [1.807, 2.05) is 0 Å². The Bertz CT molecular complexity index is 975. The first-order valence-corrected chi connectivity index (χ1v) is 12.1. The Morgan fingerprint density at radius 1 is 0.553 bits per heavy atom. The largest absolute Gasteiger partial charge is 0.416 e. The fourth-order valence-corrected chi connectivity index (χ4v) is 4.25. The summed E-state index contributed by atoms with van der Waals surface area (Å²) in [5, 5.41) is 23.7. The van der Waals surface area contributed by atoms with Crippen LogP contribution in [0, 0.1) is 0 Å². The Morgan fingerprint density at radius 3 is 1.08 bits per heavy atom. The van der Waals surface area contributed by atoms with E-state index in [1.165, 1.54) is 24.3 Å². The van der Waals surface area contributed by atoms with Crippen molar-refractivity contribution in [3.8, 4) is 0 Å². The maximum Gasteiger partial charge on any atom is 0.416 e. The molecule has 0 spiro atoms. The van der Waals surface area contributed by atoms with Gasteiger partial charge in [0.05, 0.1) is 22.6 Å². The average Bonchev–Trinajstić information content (AvgIpc) is 2.90. The van der Waals surface area contributed by atoms with Crippen LogP contribution in [0.4, 0.5) is 26.3 Å². The molecule has 2 N–H and O–H groups in total. The van der Waals surface area contributed by atoms with Crippen LogP contribution in [0.3, 0.4) is 0 Å². The predicted molar refractivity (Wildman–Crippen MR) is 130 cm³/mol. The molecule has 2 aliphatic rings. The Hall–Kier alpha value is -3.12. The van der Waals surface area contributed by atoms with Crippen molar-refractivity contribution in [3.63, 3.8) is 0 Å². The molecule has 0 unspecified atom stereocenters. The first-order chi connectivity index (χ1) is 18.0. The third-order valence-electron chi connectivity index (χ3n) is 6.52. The fraction of sp³-hybridized carbons (Fsp3) is 0.462. The van der Waals surface area contributed by atoms with Crippen molar-refractivity contribution in [1.29, 1.82) is 0 Å². The molecule has 2 fully saturated rings. The molecule has 0 saturated carbocycles. The summed E-state index contributed by atoms with van der Waals surface area (Å²) >= 11 is 0. The Morgan fingerprint density at radius 2 is 0.842 bits per heavy atom. The number of alkyl halides is 6. The van der Waals surface area contributed by atoms with E-state index in [0.717, 1.165) is 73.0 Å². The second-order valence-electron chi connectivity index (χ2n) is 9.27. The SMILES string of the molecule is ON=C1CCN(Cc2ccc(C(F)(F)F)cc2)CC1.ON=C1CCN(Cc2ccc(C(F)(F)F)cc2)CC1. The molecular weight excluding hydrogens is 514 g/mol. The minimum Gasteiger partial charge on any atom is -0.411 e. The van der Waals surface area contributed by atoms with Gasteiger partial charge >= 0.3 is 12.4 Å². The predicted octanol–water partition coefficient (Wildman–Crippen LogP) is 6.26. The number of halogens is 6. The van der Waals surface area contributed by atoms with Crippen molar-refractivity contribution in [1.82, 2.24) is 9.80 Å². The van der Waals surface area contributed by atoms with Crippen LogP contribution in [-0.4, -0.2) is 57.8 Å². The van der Waals surface area contributed by atoms with Crippen LogP contribution in [0.15, 0.2) is 58.8 Å². The van der Waals surface area contributed by atoms with Crippen LogP contribution in [0.25, 0.3) is 0 Å². The first-order valence-electron chi connectivity index (χ1n) is 12.1. The van der Waals surface area contributed by atoms with Crippen molar-refractivity contribution < 1.29 is 36.8 Å². The zero-order chi connectivity index (χ0) is 27.8. The topological polar surface area (TPSA) is 71.7 Å². The molecule has 2 aliphatic heterocycles. The molecule has 38 heavy (non-hydrogen) atoms. The van der Waals surface area contributed by atoms with Crippen molar-refractivity contribution >= 4 is 11.4 Å². The quantitative estimate of drug-likeness (QED) is 0.271. The highest BCUT2D eigenvalue weighted by Gasteiger charge is 2.31. The van der Waals surface area contributed by atoms with E-state index in [2.05, 4.69) is 20.1 Å². The summed E-state index contributed by atoms with van der Waals surface area (Å²) in [6.45, 7) is 4.30. The van der Waals surface area contributed by atoms with Crippen LogP contribution in [-0.2, 0) is 25.4 Å². The van der Waals surface area contributed by atoms with Crippen LogP contribution < -0.4 is 0 Å². The minimum absolute atomic E-state index is 0.621. The first kappa shape index (κ1) is 29.4. The van der Waals surface area contributed by atoms with E-state index >= 15 is 0 Å². The van der Waals surface area contributed by atoms with Gasteiger partial charge in [0.15, 0.2) is 0 Å². The maximum atomic E-state index is 12.4. The molecule has 2 saturated heterocycles. The third kappa shape index (κ3) is 9.02. The van der Waals surface area contributed by atoms with Gasteiger partial charge in [-0.2, -0.15) is 26.3 Å². The Balaban J connectivity index is 0.000000211. The van der Waals surface area contributed by atoms with Gasteiger partial charge in [0.1, 0.15) is 0 Å². The van der Waals surface area contributed by atoms with Crippen LogP contribution in [0.2, 0.25) is 0 Å². The molecule has 6 nitrogen and oxygen atoms in total. The highest BCUT2D eigenvalue weighted by Crippen LogP contribution is 2.30. The fourth-order valence-electron chi connectivity index (χ4n) is 4.25. The summed E-state index contributed by atoms with van der Waals surface area (Å²) in [5.74, 6) is 0. The normalized spacial score (nSPS) is 17.5. The lowest BCUT2D eigenvalue weighted by atomic mass is 10.1. The zero-order valence-electron chi connectivity index (χ0n) is 20.6. The summed E-state index contributed by atoms with van der Waals surface area (Å²) < 4.78 is 74.5. The van der Waals surface area contributed by atoms with Gasteiger partial charge < -0.3 is 10.4 Å². The smallest absolute Gasteiger partial charge is 0.411 e. The lowest BCUT2D eigenvalue weighted by molar-refractivity contribution is -0.138. The van der Waals surface area contributed by atoms with E-state index in [-0.39, 0.29) is 0 Å². The monoisotopic (exact) mass is 544 g/mol. The van der Waals surface area contributed by atoms with Gasteiger partial charge in [-0.15, -0.1) is 0 Å². The summed E-state index contributed by atoms with van der Waals surface area (Å²) in [6, 6.07) is 10.5. The standard InChI is InChI=1S/2C13H15F3N2O/c2*14-13(15,16)11-3-1-10(2-4-11)9-18-7-5-12(17-19)6-8-18/h2*1-4,19H,5-9H2. The molecular formula is C26H30F6N4O2. The highest BCUT2D eigenvalue weighted by molar-refractivity contribution is 5.85. The summed E-state index contributed by atoms with van der Waals surface area (Å²) in [7, 11) is 0. The van der Waals surface area contributed by atoms with Crippen LogP contribution in [0.1, 0.15) is 47.9 Å². The molecule has 4 rings (SSSR count). The number of hydrogen-bond donors (Lipinski definition) is 2. The van der Waals surface area contributed by atoms with Gasteiger partial charge in [-0.05, 0) is 35.4 Å². The molecule has 0 amide bonds. The van der Waals surface area contributed by atoms with E-state index in [1.54, 1.807) is 0 Å². The average molecular weight is 545 g/mol. The number of hydrogen-bond acceptors (Lipinski definition) is 6. The van der Waals surface area contributed by atoms with Gasteiger partial charge in [-0.25, -0.2) is 0 Å². The lowest BCUT2D eigenvalue weighted by Crippen LogP contribution is -2.33. The minimum atomic E-state index is -4.28. The van der Waals surface area contributed by atoms with Crippen LogP contribution >= 0.6 is 0 Å². The van der Waals surface area contributed by atoms with E-state index in [0.29, 0.717) is 38.8 Å².